The lowest BCUT2D eigenvalue weighted by Gasteiger charge is -2.20. The molecule has 0 aromatic heterocycles. The van der Waals surface area contributed by atoms with Gasteiger partial charge in [0.05, 0.1) is 37.4 Å². The summed E-state index contributed by atoms with van der Waals surface area (Å²) in [5.74, 6) is -1.47. The molecule has 18 heavy (non-hydrogen) atoms. The van der Waals surface area contributed by atoms with Crippen LogP contribution in [0.2, 0.25) is 0 Å². The molecule has 1 aliphatic rings. The number of alkyl halides is 1. The van der Waals surface area contributed by atoms with Gasteiger partial charge in [-0.05, 0) is 13.8 Å². The molecular weight excluding hydrogens is 308 g/mol. The molecule has 0 aliphatic carbocycles. The molecule has 1 heterocycles. The van der Waals surface area contributed by atoms with E-state index in [1.54, 1.807) is 13.8 Å². The molecule has 0 unspecified atom stereocenters. The van der Waals surface area contributed by atoms with Crippen LogP contribution in [-0.2, 0) is 28.5 Å². The first-order valence-electron chi connectivity index (χ1n) is 5.80. The quantitative estimate of drug-likeness (QED) is 0.406. The van der Waals surface area contributed by atoms with E-state index in [4.69, 9.17) is 18.9 Å². The Morgan fingerprint density at radius 2 is 1.78 bits per heavy atom. The zero-order valence-electron chi connectivity index (χ0n) is 10.4. The molecule has 0 saturated carbocycles. The van der Waals surface area contributed by atoms with Gasteiger partial charge in [-0.2, -0.15) is 0 Å². The van der Waals surface area contributed by atoms with Crippen LogP contribution in [0.5, 0.6) is 0 Å². The van der Waals surface area contributed by atoms with Crippen molar-refractivity contribution in [1.82, 2.24) is 0 Å². The number of carbonyl (C=O) groups excluding carboxylic acids is 2. The SMILES string of the molecule is CCOC(=O)C(O[C@H]1COC[C@@H]1Br)C(=O)OCC. The van der Waals surface area contributed by atoms with E-state index in [1.165, 1.54) is 0 Å². The maximum absolute atomic E-state index is 11.6. The van der Waals surface area contributed by atoms with Crippen LogP contribution in [-0.4, -0.2) is 55.4 Å². The lowest BCUT2D eigenvalue weighted by Crippen LogP contribution is -2.41. The Kier molecular flexibility index (Phi) is 6.59. The second kappa shape index (κ2) is 7.70. The van der Waals surface area contributed by atoms with E-state index in [0.29, 0.717) is 13.2 Å². The summed E-state index contributed by atoms with van der Waals surface area (Å²) in [7, 11) is 0. The van der Waals surface area contributed by atoms with Crippen molar-refractivity contribution in [1.29, 1.82) is 0 Å². The van der Waals surface area contributed by atoms with E-state index in [2.05, 4.69) is 15.9 Å². The molecule has 0 N–H and O–H groups in total. The molecule has 6 nitrogen and oxygen atoms in total. The highest BCUT2D eigenvalue weighted by molar-refractivity contribution is 9.09. The van der Waals surface area contributed by atoms with Crippen molar-refractivity contribution in [3.8, 4) is 0 Å². The van der Waals surface area contributed by atoms with E-state index in [0.717, 1.165) is 0 Å². The Bertz CT molecular complexity index is 277. The van der Waals surface area contributed by atoms with Crippen molar-refractivity contribution in [2.24, 2.45) is 0 Å². The number of ether oxygens (including phenoxy) is 4. The molecule has 0 radical (unpaired) electrons. The maximum atomic E-state index is 11.6. The van der Waals surface area contributed by atoms with Gasteiger partial charge >= 0.3 is 11.9 Å². The molecule has 0 spiro atoms. The number of rotatable bonds is 6. The number of carbonyl (C=O) groups is 2. The smallest absolute Gasteiger partial charge is 0.347 e. The Morgan fingerprint density at radius 3 is 2.17 bits per heavy atom. The first-order chi connectivity index (χ1) is 8.60. The highest BCUT2D eigenvalue weighted by atomic mass is 79.9. The molecule has 104 valence electrons. The Labute approximate surface area is 114 Å². The third kappa shape index (κ3) is 4.22. The topological polar surface area (TPSA) is 71.1 Å². The van der Waals surface area contributed by atoms with Crippen molar-refractivity contribution in [3.63, 3.8) is 0 Å². The van der Waals surface area contributed by atoms with Crippen molar-refractivity contribution in [3.05, 3.63) is 0 Å². The van der Waals surface area contributed by atoms with E-state index in [1.807, 2.05) is 0 Å². The van der Waals surface area contributed by atoms with Crippen molar-refractivity contribution in [2.75, 3.05) is 26.4 Å². The molecular formula is C11H17BrO6. The highest BCUT2D eigenvalue weighted by Crippen LogP contribution is 2.19. The highest BCUT2D eigenvalue weighted by Gasteiger charge is 2.37. The first kappa shape index (κ1) is 15.4. The monoisotopic (exact) mass is 324 g/mol. The van der Waals surface area contributed by atoms with E-state index >= 15 is 0 Å². The molecule has 0 aromatic carbocycles. The van der Waals surface area contributed by atoms with Gasteiger partial charge in [0.1, 0.15) is 0 Å². The zero-order chi connectivity index (χ0) is 13.5. The number of hydrogen-bond donors (Lipinski definition) is 0. The van der Waals surface area contributed by atoms with Crippen molar-refractivity contribution >= 4 is 27.9 Å². The van der Waals surface area contributed by atoms with Crippen LogP contribution in [0, 0.1) is 0 Å². The summed E-state index contributed by atoms with van der Waals surface area (Å²) in [5.41, 5.74) is 0. The fourth-order valence-corrected chi connectivity index (χ4v) is 1.92. The van der Waals surface area contributed by atoms with Gasteiger partial charge in [-0.25, -0.2) is 9.59 Å². The third-order valence-corrected chi connectivity index (χ3v) is 3.13. The lowest BCUT2D eigenvalue weighted by molar-refractivity contribution is -0.177. The van der Waals surface area contributed by atoms with Crippen LogP contribution < -0.4 is 0 Å². The van der Waals surface area contributed by atoms with Crippen LogP contribution in [0.15, 0.2) is 0 Å². The van der Waals surface area contributed by atoms with E-state index in [9.17, 15) is 9.59 Å². The Balaban J connectivity index is 2.64. The summed E-state index contributed by atoms with van der Waals surface area (Å²) in [4.78, 5) is 23.2. The lowest BCUT2D eigenvalue weighted by atomic mass is 10.3. The standard InChI is InChI=1S/C11H17BrO6/c1-3-16-10(13)9(11(14)17-4-2)18-8-6-15-5-7(8)12/h7-9H,3-6H2,1-2H3/t7-,8-/m0/s1. The second-order valence-electron chi connectivity index (χ2n) is 3.61. The first-order valence-corrected chi connectivity index (χ1v) is 6.72. The van der Waals surface area contributed by atoms with Crippen LogP contribution in [0.25, 0.3) is 0 Å². The van der Waals surface area contributed by atoms with Gasteiger partial charge in [0.25, 0.3) is 6.10 Å². The number of hydrogen-bond acceptors (Lipinski definition) is 6. The predicted octanol–water partition coefficient (Wildman–Crippen LogP) is 0.660. The Hall–Kier alpha value is -0.660. The molecule has 7 heteroatoms. The van der Waals surface area contributed by atoms with Crippen LogP contribution >= 0.6 is 15.9 Å². The van der Waals surface area contributed by atoms with E-state index < -0.39 is 18.0 Å². The largest absolute Gasteiger partial charge is 0.464 e. The molecule has 2 atom stereocenters. The van der Waals surface area contributed by atoms with Crippen LogP contribution in [0.4, 0.5) is 0 Å². The second-order valence-corrected chi connectivity index (χ2v) is 4.79. The summed E-state index contributed by atoms with van der Waals surface area (Å²) < 4.78 is 20.2. The minimum Gasteiger partial charge on any atom is -0.464 e. The van der Waals surface area contributed by atoms with Crippen LogP contribution in [0.1, 0.15) is 13.8 Å². The molecule has 1 aliphatic heterocycles. The van der Waals surface area contributed by atoms with Gasteiger partial charge in [-0.15, -0.1) is 0 Å². The molecule has 1 rings (SSSR count). The van der Waals surface area contributed by atoms with Gasteiger partial charge in [0.2, 0.25) is 0 Å². The van der Waals surface area contributed by atoms with Gasteiger partial charge in [-0.1, -0.05) is 15.9 Å². The minimum atomic E-state index is -1.35. The molecule has 1 fully saturated rings. The van der Waals surface area contributed by atoms with Crippen molar-refractivity contribution in [2.45, 2.75) is 30.9 Å². The number of esters is 2. The summed E-state index contributed by atoms with van der Waals surface area (Å²) in [6.07, 6.45) is -1.72. The molecule has 0 amide bonds. The predicted molar refractivity (Wildman–Crippen MR) is 65.5 cm³/mol. The molecule has 0 aromatic rings. The fourth-order valence-electron chi connectivity index (χ4n) is 1.45. The van der Waals surface area contributed by atoms with Gasteiger partial charge in [-0.3, -0.25) is 0 Å². The van der Waals surface area contributed by atoms with Crippen molar-refractivity contribution < 1.29 is 28.5 Å². The fraction of sp³-hybridized carbons (Fsp3) is 0.818. The van der Waals surface area contributed by atoms with Gasteiger partial charge < -0.3 is 18.9 Å². The average molecular weight is 325 g/mol. The Morgan fingerprint density at radius 1 is 1.22 bits per heavy atom. The minimum absolute atomic E-state index is 0.0520. The molecule has 1 saturated heterocycles. The summed E-state index contributed by atoms with van der Waals surface area (Å²) in [5, 5.41) is 0. The van der Waals surface area contributed by atoms with Crippen LogP contribution in [0.3, 0.4) is 0 Å². The number of halogens is 1. The van der Waals surface area contributed by atoms with Gasteiger partial charge in [0, 0.05) is 0 Å². The summed E-state index contributed by atoms with van der Waals surface area (Å²) in [6, 6.07) is 0. The maximum Gasteiger partial charge on any atom is 0.347 e. The third-order valence-electron chi connectivity index (χ3n) is 2.27. The molecule has 0 bridgehead atoms. The normalized spacial score (nSPS) is 23.1. The van der Waals surface area contributed by atoms with E-state index in [-0.39, 0.29) is 24.1 Å². The summed E-state index contributed by atoms with van der Waals surface area (Å²) >= 11 is 3.36. The summed E-state index contributed by atoms with van der Waals surface area (Å²) in [6.45, 7) is 4.47. The average Bonchev–Trinajstić information content (AvgIpc) is 2.72. The van der Waals surface area contributed by atoms with Gasteiger partial charge in [0.15, 0.2) is 0 Å². The zero-order valence-corrected chi connectivity index (χ0v) is 12.0.